The first kappa shape index (κ1) is 24.0. The van der Waals surface area contributed by atoms with Crippen LogP contribution in [0.3, 0.4) is 0 Å². The zero-order valence-electron chi connectivity index (χ0n) is 23.1. The highest BCUT2D eigenvalue weighted by Crippen LogP contribution is 2.57. The molecule has 1 saturated heterocycles. The predicted molar refractivity (Wildman–Crippen MR) is 165 cm³/mol. The van der Waals surface area contributed by atoms with Crippen LogP contribution in [0.25, 0.3) is 0 Å². The predicted octanol–water partition coefficient (Wildman–Crippen LogP) is 6.51. The lowest BCUT2D eigenvalue weighted by atomic mass is 9.72. The van der Waals surface area contributed by atoms with Gasteiger partial charge in [0, 0.05) is 48.8 Å². The lowest BCUT2D eigenvalue weighted by Gasteiger charge is -2.44. The number of fused-ring (bicyclic) bond motifs is 8. The van der Waals surface area contributed by atoms with Gasteiger partial charge in [0.25, 0.3) is 0 Å². The van der Waals surface area contributed by atoms with E-state index in [1.54, 1.807) is 0 Å². The minimum atomic E-state index is 0.157. The molecule has 7 aliphatic rings. The topological polar surface area (TPSA) is 22.1 Å². The van der Waals surface area contributed by atoms with Gasteiger partial charge in [0.05, 0.1) is 12.1 Å². The Balaban J connectivity index is 1.33. The second-order valence-electron chi connectivity index (χ2n) is 12.0. The van der Waals surface area contributed by atoms with Gasteiger partial charge in [0.1, 0.15) is 12.0 Å². The Morgan fingerprint density at radius 1 is 0.750 bits per heavy atom. The van der Waals surface area contributed by atoms with Gasteiger partial charge >= 0.3 is 0 Å². The number of anilines is 1. The van der Waals surface area contributed by atoms with E-state index in [0.29, 0.717) is 29.7 Å². The Morgan fingerprint density at radius 2 is 1.48 bits per heavy atom. The summed E-state index contributed by atoms with van der Waals surface area (Å²) in [5.41, 5.74) is 4.09. The van der Waals surface area contributed by atoms with Crippen molar-refractivity contribution in [1.82, 2.24) is 9.80 Å². The summed E-state index contributed by atoms with van der Waals surface area (Å²) >= 11 is 0. The molecule has 1 fully saturated rings. The molecule has 40 heavy (non-hydrogen) atoms. The Hall–Kier alpha value is -3.89. The zero-order valence-corrected chi connectivity index (χ0v) is 23.1. The van der Waals surface area contributed by atoms with Crippen LogP contribution in [0.1, 0.15) is 18.5 Å². The first-order valence-electron chi connectivity index (χ1n) is 14.7. The second-order valence-corrected chi connectivity index (χ2v) is 12.0. The highest BCUT2D eigenvalue weighted by Gasteiger charge is 2.57. The Labute approximate surface area is 237 Å². The van der Waals surface area contributed by atoms with Crippen molar-refractivity contribution >= 4 is 11.5 Å². The van der Waals surface area contributed by atoms with E-state index in [4.69, 9.17) is 4.99 Å². The first-order chi connectivity index (χ1) is 19.7. The lowest BCUT2D eigenvalue weighted by molar-refractivity contribution is 0.0702. The third-order valence-electron chi connectivity index (χ3n) is 9.92. The zero-order chi connectivity index (χ0) is 26.8. The fraction of sp³-hybridized carbons (Fsp3) is 0.306. The van der Waals surface area contributed by atoms with Gasteiger partial charge in [-0.25, -0.2) is 0 Å². The van der Waals surface area contributed by atoms with Crippen molar-refractivity contribution in [1.29, 1.82) is 0 Å². The van der Waals surface area contributed by atoms with Gasteiger partial charge in [-0.1, -0.05) is 103 Å². The van der Waals surface area contributed by atoms with E-state index in [1.165, 1.54) is 16.8 Å². The van der Waals surface area contributed by atoms with Crippen molar-refractivity contribution in [3.63, 3.8) is 0 Å². The number of rotatable bonds is 1. The summed E-state index contributed by atoms with van der Waals surface area (Å²) in [4.78, 5) is 13.1. The third-order valence-corrected chi connectivity index (χ3v) is 9.92. The van der Waals surface area contributed by atoms with E-state index in [-0.39, 0.29) is 24.3 Å². The normalized spacial score (nSPS) is 38.3. The van der Waals surface area contributed by atoms with Crippen molar-refractivity contribution in [3.8, 4) is 0 Å². The van der Waals surface area contributed by atoms with Crippen molar-refractivity contribution < 1.29 is 0 Å². The monoisotopic (exact) mass is 524 g/mol. The fourth-order valence-corrected chi connectivity index (χ4v) is 8.35. The molecular formula is C36H36N4. The summed E-state index contributed by atoms with van der Waals surface area (Å²) in [6.45, 7) is 2.29. The fourth-order valence-electron chi connectivity index (χ4n) is 8.35. The van der Waals surface area contributed by atoms with Crippen LogP contribution in [0.2, 0.25) is 0 Å². The number of nitrogens with zero attached hydrogens (tertiary/aromatic N) is 4. The number of aliphatic imine (C=N–C) groups is 1. The molecule has 1 aromatic carbocycles. The molecular weight excluding hydrogens is 488 g/mol. The minimum absolute atomic E-state index is 0.157. The molecule has 9 atom stereocenters. The molecule has 4 nitrogen and oxygen atoms in total. The molecule has 0 bridgehead atoms. The number of amidine groups is 1. The number of benzene rings is 1. The van der Waals surface area contributed by atoms with Gasteiger partial charge in [0.2, 0.25) is 0 Å². The highest BCUT2D eigenvalue weighted by atomic mass is 15.4. The number of allylic oxidation sites excluding steroid dienone is 8. The van der Waals surface area contributed by atoms with E-state index in [1.807, 2.05) is 0 Å². The Bertz CT molecular complexity index is 1510. The molecule has 200 valence electrons. The molecule has 0 saturated carbocycles. The quantitative estimate of drug-likeness (QED) is 0.418. The van der Waals surface area contributed by atoms with Gasteiger partial charge in [-0.05, 0) is 42.2 Å². The van der Waals surface area contributed by atoms with E-state index < -0.39 is 0 Å². The van der Waals surface area contributed by atoms with E-state index in [2.05, 4.69) is 156 Å². The molecule has 8 unspecified atom stereocenters. The van der Waals surface area contributed by atoms with Crippen LogP contribution in [-0.4, -0.2) is 47.0 Å². The summed E-state index contributed by atoms with van der Waals surface area (Å²) < 4.78 is 0. The van der Waals surface area contributed by atoms with E-state index >= 15 is 0 Å². The molecule has 8 rings (SSSR count). The SMILES string of the molecule is CC1=CC=CN(C)[C@H]1N1C2C=CC=CC2C2C3C=CC=CC3N(C3=NC4C=CC=CC4C=C3)c3ccccc3C21. The van der Waals surface area contributed by atoms with Crippen LogP contribution in [0.5, 0.6) is 0 Å². The van der Waals surface area contributed by atoms with Crippen molar-refractivity contribution in [2.45, 2.75) is 37.3 Å². The molecule has 1 aromatic rings. The molecule has 4 heteroatoms. The average Bonchev–Trinajstić information content (AvgIpc) is 3.25. The van der Waals surface area contributed by atoms with Crippen LogP contribution in [0, 0.1) is 23.7 Å². The largest absolute Gasteiger partial charge is 0.361 e. The lowest BCUT2D eigenvalue weighted by Crippen LogP contribution is -2.50. The van der Waals surface area contributed by atoms with Crippen LogP contribution in [0.15, 0.2) is 138 Å². The van der Waals surface area contributed by atoms with Gasteiger partial charge in [-0.3, -0.25) is 9.89 Å². The first-order valence-corrected chi connectivity index (χ1v) is 14.7. The van der Waals surface area contributed by atoms with Crippen molar-refractivity contribution in [3.05, 3.63) is 139 Å². The van der Waals surface area contributed by atoms with Crippen LogP contribution < -0.4 is 4.90 Å². The average molecular weight is 525 g/mol. The van der Waals surface area contributed by atoms with Crippen LogP contribution in [-0.2, 0) is 0 Å². The number of likely N-dealkylation sites (N-methyl/N-ethyl adjacent to an activating group) is 1. The molecule has 0 spiro atoms. The third kappa shape index (κ3) is 3.52. The molecule has 0 N–H and O–H groups in total. The number of hydrogen-bond donors (Lipinski definition) is 0. The van der Waals surface area contributed by atoms with Crippen molar-refractivity contribution in [2.24, 2.45) is 28.7 Å². The maximum Gasteiger partial charge on any atom is 0.128 e. The van der Waals surface area contributed by atoms with Gasteiger partial charge in [-0.15, -0.1) is 0 Å². The highest BCUT2D eigenvalue weighted by molar-refractivity contribution is 6.08. The summed E-state index contributed by atoms with van der Waals surface area (Å²) in [5, 5.41) is 0. The second kappa shape index (κ2) is 9.35. The number of likely N-dealkylation sites (tertiary alicyclic amines) is 1. The maximum atomic E-state index is 5.36. The molecule has 4 heterocycles. The molecule has 4 aliphatic heterocycles. The van der Waals surface area contributed by atoms with E-state index in [0.717, 1.165) is 5.84 Å². The minimum Gasteiger partial charge on any atom is -0.361 e. The summed E-state index contributed by atoms with van der Waals surface area (Å²) in [7, 11) is 2.23. The summed E-state index contributed by atoms with van der Waals surface area (Å²) in [6, 6.07) is 10.1. The Kier molecular flexibility index (Phi) is 5.60. The van der Waals surface area contributed by atoms with Gasteiger partial charge < -0.3 is 9.80 Å². The van der Waals surface area contributed by atoms with Gasteiger partial charge in [0.15, 0.2) is 0 Å². The number of dihydropyridines is 1. The van der Waals surface area contributed by atoms with Gasteiger partial charge in [-0.2, -0.15) is 0 Å². The Morgan fingerprint density at radius 3 is 2.33 bits per heavy atom. The molecule has 3 aliphatic carbocycles. The number of hydrogen-bond acceptors (Lipinski definition) is 4. The molecule has 0 aromatic heterocycles. The van der Waals surface area contributed by atoms with Crippen molar-refractivity contribution in [2.75, 3.05) is 11.9 Å². The van der Waals surface area contributed by atoms with Crippen LogP contribution >= 0.6 is 0 Å². The van der Waals surface area contributed by atoms with E-state index in [9.17, 15) is 0 Å². The standard InChI is InChI=1S/C36H36N4/c1-24-12-11-23-38(2)36(24)40-31-19-9-5-15-27(31)34-26-14-4-8-18-30(26)39(32-20-10-6-16-28(32)35(34)40)33-22-21-25-13-3-7-17-29(25)37-33/h3-23,25-27,29-31,34-36H,1-2H3/t25?,26?,27?,29?,30?,31?,34?,35?,36-/m0/s1. The summed E-state index contributed by atoms with van der Waals surface area (Å²) in [6.07, 6.45) is 39.2. The summed E-state index contributed by atoms with van der Waals surface area (Å²) in [5.74, 6) is 2.61. The number of para-hydroxylation sites is 1. The maximum absolute atomic E-state index is 5.36. The van der Waals surface area contributed by atoms with Crippen LogP contribution in [0.4, 0.5) is 5.69 Å². The molecule has 0 amide bonds. The smallest absolute Gasteiger partial charge is 0.128 e. The molecule has 0 radical (unpaired) electrons.